The number of aromatic nitrogens is 1. The van der Waals surface area contributed by atoms with E-state index in [9.17, 15) is 0 Å². The summed E-state index contributed by atoms with van der Waals surface area (Å²) < 4.78 is 0. The normalized spacial score (nSPS) is 15.1. The zero-order valence-electron chi connectivity index (χ0n) is 11.1. The third kappa shape index (κ3) is 2.25. The van der Waals surface area contributed by atoms with Crippen LogP contribution < -0.4 is 0 Å². The number of nitriles is 1. The van der Waals surface area contributed by atoms with Crippen LogP contribution in [0.3, 0.4) is 0 Å². The number of pyridine rings is 1. The first-order valence-electron chi connectivity index (χ1n) is 6.45. The van der Waals surface area contributed by atoms with Crippen LogP contribution in [0.4, 0.5) is 0 Å². The van der Waals surface area contributed by atoms with Gasteiger partial charge in [0.15, 0.2) is 0 Å². The summed E-state index contributed by atoms with van der Waals surface area (Å²) in [4.78, 5) is 6.95. The third-order valence-corrected chi connectivity index (χ3v) is 4.23. The Labute approximate surface area is 127 Å². The van der Waals surface area contributed by atoms with Crippen molar-refractivity contribution in [1.82, 2.24) is 9.88 Å². The molecule has 0 fully saturated rings. The highest BCUT2D eigenvalue weighted by Crippen LogP contribution is 2.33. The van der Waals surface area contributed by atoms with Crippen LogP contribution in [0.1, 0.15) is 16.8 Å². The van der Waals surface area contributed by atoms with Crippen molar-refractivity contribution >= 4 is 34.1 Å². The van der Waals surface area contributed by atoms with Crippen LogP contribution in [-0.4, -0.2) is 23.5 Å². The zero-order valence-corrected chi connectivity index (χ0v) is 12.6. The molecular weight excluding hydrogens is 293 g/mol. The molecule has 1 aliphatic heterocycles. The number of fused-ring (bicyclic) bond motifs is 2. The third-order valence-electron chi connectivity index (χ3n) is 3.73. The van der Waals surface area contributed by atoms with Crippen LogP contribution in [0.15, 0.2) is 12.1 Å². The maximum absolute atomic E-state index is 9.14. The van der Waals surface area contributed by atoms with Crippen molar-refractivity contribution in [2.45, 2.75) is 19.4 Å². The number of hydrogen-bond donors (Lipinski definition) is 0. The molecule has 1 aliphatic rings. The van der Waals surface area contributed by atoms with Crippen molar-refractivity contribution in [3.05, 3.63) is 39.0 Å². The predicted molar refractivity (Wildman–Crippen MR) is 81.1 cm³/mol. The van der Waals surface area contributed by atoms with Crippen LogP contribution in [-0.2, 0) is 19.4 Å². The van der Waals surface area contributed by atoms with Crippen molar-refractivity contribution in [2.24, 2.45) is 0 Å². The first kappa shape index (κ1) is 13.6. The van der Waals surface area contributed by atoms with Gasteiger partial charge in [0, 0.05) is 35.6 Å². The van der Waals surface area contributed by atoms with Gasteiger partial charge >= 0.3 is 0 Å². The zero-order chi connectivity index (χ0) is 14.3. The predicted octanol–water partition coefficient (Wildman–Crippen LogP) is 3.60. The SMILES string of the molecule is CN1CCc2nc3c(Cl)cc(Cl)cc3c(CC#N)c2C1. The van der Waals surface area contributed by atoms with Crippen LogP contribution >= 0.6 is 23.2 Å². The first-order valence-corrected chi connectivity index (χ1v) is 7.20. The van der Waals surface area contributed by atoms with Crippen molar-refractivity contribution in [2.75, 3.05) is 13.6 Å². The van der Waals surface area contributed by atoms with Crippen LogP contribution in [0.5, 0.6) is 0 Å². The van der Waals surface area contributed by atoms with Gasteiger partial charge in [-0.15, -0.1) is 0 Å². The van der Waals surface area contributed by atoms with Crippen molar-refractivity contribution in [3.8, 4) is 6.07 Å². The molecule has 5 heteroatoms. The van der Waals surface area contributed by atoms with Gasteiger partial charge in [-0.2, -0.15) is 5.26 Å². The van der Waals surface area contributed by atoms with E-state index in [2.05, 4.69) is 18.0 Å². The molecule has 2 aromatic rings. The fourth-order valence-corrected chi connectivity index (χ4v) is 3.30. The van der Waals surface area contributed by atoms with Crippen LogP contribution in [0.25, 0.3) is 10.9 Å². The van der Waals surface area contributed by atoms with Gasteiger partial charge < -0.3 is 4.90 Å². The van der Waals surface area contributed by atoms with Gasteiger partial charge in [0.1, 0.15) is 0 Å². The second-order valence-electron chi connectivity index (χ2n) is 5.12. The van der Waals surface area contributed by atoms with E-state index in [0.29, 0.717) is 16.5 Å². The summed E-state index contributed by atoms with van der Waals surface area (Å²) in [6.45, 7) is 1.79. The van der Waals surface area contributed by atoms with Gasteiger partial charge in [-0.1, -0.05) is 23.2 Å². The lowest BCUT2D eigenvalue weighted by Gasteiger charge is -2.27. The largest absolute Gasteiger partial charge is 0.302 e. The first-order chi connectivity index (χ1) is 9.60. The molecule has 0 unspecified atom stereocenters. The summed E-state index contributed by atoms with van der Waals surface area (Å²) in [5.41, 5.74) is 3.99. The molecule has 1 aromatic heterocycles. The summed E-state index contributed by atoms with van der Waals surface area (Å²) in [6, 6.07) is 5.81. The second kappa shape index (κ2) is 5.21. The summed E-state index contributed by atoms with van der Waals surface area (Å²) >= 11 is 12.4. The van der Waals surface area contributed by atoms with Gasteiger partial charge in [0.05, 0.1) is 23.0 Å². The Morgan fingerprint density at radius 1 is 1.40 bits per heavy atom. The molecule has 1 aromatic carbocycles. The molecular formula is C15H13Cl2N3. The van der Waals surface area contributed by atoms with E-state index < -0.39 is 0 Å². The molecule has 3 nitrogen and oxygen atoms in total. The molecule has 20 heavy (non-hydrogen) atoms. The lowest BCUT2D eigenvalue weighted by atomic mass is 9.94. The van der Waals surface area contributed by atoms with E-state index in [0.717, 1.165) is 47.2 Å². The van der Waals surface area contributed by atoms with Crippen molar-refractivity contribution in [1.29, 1.82) is 5.26 Å². The highest BCUT2D eigenvalue weighted by Gasteiger charge is 2.21. The Morgan fingerprint density at radius 3 is 2.95 bits per heavy atom. The van der Waals surface area contributed by atoms with E-state index in [1.54, 1.807) is 6.07 Å². The molecule has 0 bridgehead atoms. The highest BCUT2D eigenvalue weighted by atomic mass is 35.5. The van der Waals surface area contributed by atoms with Gasteiger partial charge in [-0.3, -0.25) is 4.98 Å². The quantitative estimate of drug-likeness (QED) is 0.808. The second-order valence-corrected chi connectivity index (χ2v) is 5.97. The molecule has 0 amide bonds. The minimum atomic E-state index is 0.353. The molecule has 0 saturated heterocycles. The average molecular weight is 306 g/mol. The maximum atomic E-state index is 9.14. The van der Waals surface area contributed by atoms with E-state index in [1.165, 1.54) is 0 Å². The fraction of sp³-hybridized carbons (Fsp3) is 0.333. The molecule has 102 valence electrons. The highest BCUT2D eigenvalue weighted by molar-refractivity contribution is 6.38. The Hall–Kier alpha value is -1.34. The van der Waals surface area contributed by atoms with Gasteiger partial charge in [0.25, 0.3) is 0 Å². The fourth-order valence-electron chi connectivity index (χ4n) is 2.77. The van der Waals surface area contributed by atoms with Crippen LogP contribution in [0.2, 0.25) is 10.0 Å². The number of likely N-dealkylation sites (N-methyl/N-ethyl adjacent to an activating group) is 1. The Bertz CT molecular complexity index is 734. The van der Waals surface area contributed by atoms with E-state index in [1.807, 2.05) is 6.07 Å². The van der Waals surface area contributed by atoms with E-state index in [4.69, 9.17) is 33.4 Å². The smallest absolute Gasteiger partial charge is 0.0895 e. The average Bonchev–Trinajstić information content (AvgIpc) is 2.40. The van der Waals surface area contributed by atoms with E-state index >= 15 is 0 Å². The van der Waals surface area contributed by atoms with Gasteiger partial charge in [-0.05, 0) is 30.3 Å². The van der Waals surface area contributed by atoms with Gasteiger partial charge in [0.2, 0.25) is 0 Å². The standard InChI is InChI=1S/C15H13Cl2N3/c1-20-5-3-14-12(8-20)10(2-4-18)11-6-9(16)7-13(17)15(11)19-14/h6-7H,2-3,5,8H2,1H3. The molecule has 0 radical (unpaired) electrons. The topological polar surface area (TPSA) is 39.9 Å². The number of hydrogen-bond acceptors (Lipinski definition) is 3. The minimum absolute atomic E-state index is 0.353. The monoisotopic (exact) mass is 305 g/mol. The minimum Gasteiger partial charge on any atom is -0.302 e. The molecule has 0 N–H and O–H groups in total. The molecule has 0 aliphatic carbocycles. The van der Waals surface area contributed by atoms with Crippen molar-refractivity contribution in [3.63, 3.8) is 0 Å². The number of rotatable bonds is 1. The summed E-state index contributed by atoms with van der Waals surface area (Å²) in [5, 5.41) is 11.2. The Morgan fingerprint density at radius 2 is 2.20 bits per heavy atom. The number of halogens is 2. The summed E-state index contributed by atoms with van der Waals surface area (Å²) in [5.74, 6) is 0. The van der Waals surface area contributed by atoms with E-state index in [-0.39, 0.29) is 0 Å². The maximum Gasteiger partial charge on any atom is 0.0895 e. The summed E-state index contributed by atoms with van der Waals surface area (Å²) in [7, 11) is 2.08. The lowest BCUT2D eigenvalue weighted by Crippen LogP contribution is -2.28. The molecule has 2 heterocycles. The Kier molecular flexibility index (Phi) is 3.55. The van der Waals surface area contributed by atoms with Crippen LogP contribution in [0, 0.1) is 11.3 Å². The molecule has 0 atom stereocenters. The van der Waals surface area contributed by atoms with Gasteiger partial charge in [-0.25, -0.2) is 0 Å². The summed E-state index contributed by atoms with van der Waals surface area (Å²) in [6.07, 6.45) is 1.24. The molecule has 0 spiro atoms. The lowest BCUT2D eigenvalue weighted by molar-refractivity contribution is 0.309. The number of benzene rings is 1. The number of nitrogens with zero attached hydrogens (tertiary/aromatic N) is 3. The molecule has 3 rings (SSSR count). The molecule has 0 saturated carbocycles. The Balaban J connectivity index is 2.36. The van der Waals surface area contributed by atoms with Crippen molar-refractivity contribution < 1.29 is 0 Å².